The van der Waals surface area contributed by atoms with Crippen molar-refractivity contribution in [2.45, 2.75) is 19.9 Å². The molecular formula is C17H24N2O2. The predicted octanol–water partition coefficient (Wildman–Crippen LogP) is 2.76. The van der Waals surface area contributed by atoms with Crippen LogP contribution in [0.5, 0.6) is 5.75 Å². The Morgan fingerprint density at radius 2 is 2.00 bits per heavy atom. The van der Waals surface area contributed by atoms with E-state index in [-0.39, 0.29) is 0 Å². The van der Waals surface area contributed by atoms with Crippen LogP contribution in [0.3, 0.4) is 0 Å². The van der Waals surface area contributed by atoms with Crippen LogP contribution in [0.15, 0.2) is 30.5 Å². The third-order valence-electron chi connectivity index (χ3n) is 3.98. The lowest BCUT2D eigenvalue weighted by molar-refractivity contribution is 0.0365. The molecule has 0 bridgehead atoms. The third kappa shape index (κ3) is 3.57. The minimum Gasteiger partial charge on any atom is -0.494 e. The molecule has 1 aliphatic heterocycles. The maximum Gasteiger partial charge on any atom is 0.120 e. The Bertz CT molecular complexity index is 573. The van der Waals surface area contributed by atoms with E-state index < -0.39 is 0 Å². The first-order valence-corrected chi connectivity index (χ1v) is 7.88. The van der Waals surface area contributed by atoms with Crippen LogP contribution in [-0.2, 0) is 11.3 Å². The summed E-state index contributed by atoms with van der Waals surface area (Å²) < 4.78 is 13.4. The molecule has 2 heterocycles. The number of hydrogen-bond acceptors (Lipinski definition) is 3. The van der Waals surface area contributed by atoms with Crippen LogP contribution in [0.4, 0.5) is 0 Å². The molecule has 1 fully saturated rings. The lowest BCUT2D eigenvalue weighted by Gasteiger charge is -2.26. The van der Waals surface area contributed by atoms with Crippen molar-refractivity contribution in [3.05, 3.63) is 30.5 Å². The van der Waals surface area contributed by atoms with Gasteiger partial charge in [0.2, 0.25) is 0 Å². The fourth-order valence-electron chi connectivity index (χ4n) is 2.76. The highest BCUT2D eigenvalue weighted by molar-refractivity contribution is 5.81. The second-order valence-corrected chi connectivity index (χ2v) is 5.53. The zero-order valence-corrected chi connectivity index (χ0v) is 12.8. The summed E-state index contributed by atoms with van der Waals surface area (Å²) >= 11 is 0. The molecule has 4 heteroatoms. The molecule has 1 aromatic carbocycles. The fraction of sp³-hybridized carbons (Fsp3) is 0.529. The highest BCUT2D eigenvalue weighted by atomic mass is 16.5. The van der Waals surface area contributed by atoms with Crippen LogP contribution >= 0.6 is 0 Å². The number of benzene rings is 1. The van der Waals surface area contributed by atoms with Gasteiger partial charge in [0.1, 0.15) is 5.75 Å². The number of ether oxygens (including phenoxy) is 2. The molecule has 114 valence electrons. The van der Waals surface area contributed by atoms with Crippen molar-refractivity contribution in [1.29, 1.82) is 0 Å². The van der Waals surface area contributed by atoms with Crippen molar-refractivity contribution in [3.8, 4) is 5.75 Å². The van der Waals surface area contributed by atoms with Crippen molar-refractivity contribution >= 4 is 10.9 Å². The average Bonchev–Trinajstić information content (AvgIpc) is 2.94. The Balaban J connectivity index is 1.65. The third-order valence-corrected chi connectivity index (χ3v) is 3.98. The highest BCUT2D eigenvalue weighted by Crippen LogP contribution is 2.22. The molecule has 0 radical (unpaired) electrons. The summed E-state index contributed by atoms with van der Waals surface area (Å²) in [5, 5.41) is 1.26. The number of fused-ring (bicyclic) bond motifs is 1. The molecular weight excluding hydrogens is 264 g/mol. The van der Waals surface area contributed by atoms with E-state index in [1.807, 2.05) is 0 Å². The van der Waals surface area contributed by atoms with Crippen molar-refractivity contribution in [1.82, 2.24) is 9.47 Å². The number of hydrogen-bond donors (Lipinski definition) is 0. The molecule has 21 heavy (non-hydrogen) atoms. The van der Waals surface area contributed by atoms with Gasteiger partial charge < -0.3 is 14.0 Å². The highest BCUT2D eigenvalue weighted by Gasteiger charge is 2.10. The lowest BCUT2D eigenvalue weighted by atomic mass is 10.2. The second-order valence-electron chi connectivity index (χ2n) is 5.53. The number of rotatable bonds is 6. The zero-order chi connectivity index (χ0) is 14.5. The molecule has 1 aliphatic rings. The van der Waals surface area contributed by atoms with Gasteiger partial charge in [-0.25, -0.2) is 0 Å². The Morgan fingerprint density at radius 1 is 1.14 bits per heavy atom. The van der Waals surface area contributed by atoms with Gasteiger partial charge in [-0.1, -0.05) is 6.92 Å². The van der Waals surface area contributed by atoms with E-state index in [2.05, 4.69) is 46.9 Å². The molecule has 3 rings (SSSR count). The average molecular weight is 288 g/mol. The fourth-order valence-corrected chi connectivity index (χ4v) is 2.76. The molecule has 0 saturated carbocycles. The summed E-state index contributed by atoms with van der Waals surface area (Å²) in [7, 11) is 0. The van der Waals surface area contributed by atoms with Crippen molar-refractivity contribution in [3.63, 3.8) is 0 Å². The topological polar surface area (TPSA) is 26.6 Å². The molecule has 1 saturated heterocycles. The van der Waals surface area contributed by atoms with Crippen LogP contribution in [-0.4, -0.2) is 48.9 Å². The zero-order valence-electron chi connectivity index (χ0n) is 12.8. The molecule has 0 unspecified atom stereocenters. The number of morpholine rings is 1. The van der Waals surface area contributed by atoms with Gasteiger partial charge >= 0.3 is 0 Å². The second kappa shape index (κ2) is 6.96. The van der Waals surface area contributed by atoms with Gasteiger partial charge in [-0.05, 0) is 30.7 Å². The minimum atomic E-state index is 0.781. The van der Waals surface area contributed by atoms with Gasteiger partial charge in [-0.2, -0.15) is 0 Å². The van der Waals surface area contributed by atoms with E-state index >= 15 is 0 Å². The SMILES string of the molecule is CCCOc1ccc2c(ccn2CCN2CCOCC2)c1. The Hall–Kier alpha value is -1.52. The van der Waals surface area contributed by atoms with E-state index in [0.29, 0.717) is 0 Å². The standard InChI is InChI=1S/C17H24N2O2/c1-2-11-21-16-3-4-17-15(14-16)5-6-19(17)8-7-18-9-12-20-13-10-18/h3-6,14H,2,7-13H2,1H3. The van der Waals surface area contributed by atoms with E-state index in [9.17, 15) is 0 Å². The summed E-state index contributed by atoms with van der Waals surface area (Å²) in [5.41, 5.74) is 1.28. The van der Waals surface area contributed by atoms with E-state index in [1.165, 1.54) is 10.9 Å². The minimum absolute atomic E-state index is 0.781. The first-order chi connectivity index (χ1) is 10.4. The molecule has 0 N–H and O–H groups in total. The van der Waals surface area contributed by atoms with Gasteiger partial charge in [-0.15, -0.1) is 0 Å². The quantitative estimate of drug-likeness (QED) is 0.817. The monoisotopic (exact) mass is 288 g/mol. The Labute approximate surface area is 126 Å². The first-order valence-electron chi connectivity index (χ1n) is 7.88. The van der Waals surface area contributed by atoms with Gasteiger partial charge in [0.25, 0.3) is 0 Å². The van der Waals surface area contributed by atoms with E-state index in [0.717, 1.165) is 58.2 Å². The van der Waals surface area contributed by atoms with Crippen LogP contribution < -0.4 is 4.74 Å². The molecule has 0 amide bonds. The molecule has 0 atom stereocenters. The lowest BCUT2D eigenvalue weighted by Crippen LogP contribution is -2.38. The van der Waals surface area contributed by atoms with Gasteiger partial charge in [0.15, 0.2) is 0 Å². The normalized spacial score (nSPS) is 16.4. The predicted molar refractivity (Wildman–Crippen MR) is 85.0 cm³/mol. The summed E-state index contributed by atoms with van der Waals surface area (Å²) in [5.74, 6) is 0.968. The molecule has 0 spiro atoms. The Kier molecular flexibility index (Phi) is 4.78. The molecule has 4 nitrogen and oxygen atoms in total. The van der Waals surface area contributed by atoms with Crippen LogP contribution in [0.2, 0.25) is 0 Å². The largest absolute Gasteiger partial charge is 0.494 e. The summed E-state index contributed by atoms with van der Waals surface area (Å²) in [6.07, 6.45) is 3.22. The maximum absolute atomic E-state index is 5.70. The smallest absolute Gasteiger partial charge is 0.120 e. The van der Waals surface area contributed by atoms with Crippen LogP contribution in [0.25, 0.3) is 10.9 Å². The molecule has 0 aliphatic carbocycles. The first kappa shape index (κ1) is 14.4. The van der Waals surface area contributed by atoms with Gasteiger partial charge in [-0.3, -0.25) is 4.90 Å². The summed E-state index contributed by atoms with van der Waals surface area (Å²) in [6.45, 7) is 8.85. The van der Waals surface area contributed by atoms with Crippen LogP contribution in [0.1, 0.15) is 13.3 Å². The van der Waals surface area contributed by atoms with Gasteiger partial charge in [0, 0.05) is 43.3 Å². The van der Waals surface area contributed by atoms with Gasteiger partial charge in [0.05, 0.1) is 19.8 Å². The Morgan fingerprint density at radius 3 is 2.81 bits per heavy atom. The molecule has 1 aromatic heterocycles. The summed E-state index contributed by atoms with van der Waals surface area (Å²) in [4.78, 5) is 2.47. The maximum atomic E-state index is 5.70. The molecule has 2 aromatic rings. The van der Waals surface area contributed by atoms with Crippen molar-refractivity contribution < 1.29 is 9.47 Å². The van der Waals surface area contributed by atoms with Crippen molar-refractivity contribution in [2.24, 2.45) is 0 Å². The van der Waals surface area contributed by atoms with Crippen LogP contribution in [0, 0.1) is 0 Å². The van der Waals surface area contributed by atoms with E-state index in [1.54, 1.807) is 0 Å². The number of aromatic nitrogens is 1. The van der Waals surface area contributed by atoms with E-state index in [4.69, 9.17) is 9.47 Å². The van der Waals surface area contributed by atoms with Crippen molar-refractivity contribution in [2.75, 3.05) is 39.5 Å². The summed E-state index contributed by atoms with van der Waals surface area (Å²) in [6, 6.07) is 8.55. The number of nitrogens with zero attached hydrogens (tertiary/aromatic N) is 2.